The first-order valence-electron chi connectivity index (χ1n) is 5.74. The molecule has 1 aromatic carbocycles. The summed E-state index contributed by atoms with van der Waals surface area (Å²) in [5, 5.41) is 0. The van der Waals surface area contributed by atoms with E-state index in [1.807, 2.05) is 12.1 Å². The van der Waals surface area contributed by atoms with E-state index in [0.717, 1.165) is 18.8 Å². The van der Waals surface area contributed by atoms with Gasteiger partial charge in [-0.1, -0.05) is 6.07 Å². The van der Waals surface area contributed by atoms with Gasteiger partial charge in [0, 0.05) is 18.8 Å². The van der Waals surface area contributed by atoms with E-state index in [0.29, 0.717) is 5.56 Å². The molecule has 1 saturated heterocycles. The molecule has 0 aromatic heterocycles. The van der Waals surface area contributed by atoms with Crippen molar-refractivity contribution in [3.8, 4) is 0 Å². The van der Waals surface area contributed by atoms with Crippen LogP contribution in [0.2, 0.25) is 0 Å². The van der Waals surface area contributed by atoms with E-state index >= 15 is 0 Å². The molecule has 0 radical (unpaired) electrons. The summed E-state index contributed by atoms with van der Waals surface area (Å²) < 4.78 is 4.72. The fourth-order valence-corrected chi connectivity index (χ4v) is 2.10. The first-order valence-corrected chi connectivity index (χ1v) is 5.74. The van der Waals surface area contributed by atoms with Gasteiger partial charge in [-0.3, -0.25) is 0 Å². The van der Waals surface area contributed by atoms with Crippen molar-refractivity contribution in [2.45, 2.75) is 19.3 Å². The molecule has 1 fully saturated rings. The SMILES string of the molecule is COC(=O)c1cccc(N2CCCCC2)c1. The number of hydrogen-bond acceptors (Lipinski definition) is 3. The number of ether oxygens (including phenoxy) is 1. The summed E-state index contributed by atoms with van der Waals surface area (Å²) in [4.78, 5) is 13.7. The van der Waals surface area contributed by atoms with E-state index in [9.17, 15) is 4.79 Å². The quantitative estimate of drug-likeness (QED) is 0.716. The van der Waals surface area contributed by atoms with Gasteiger partial charge in [0.25, 0.3) is 0 Å². The molecule has 16 heavy (non-hydrogen) atoms. The van der Waals surface area contributed by atoms with Gasteiger partial charge in [0.2, 0.25) is 0 Å². The molecule has 0 bridgehead atoms. The molecule has 1 aliphatic rings. The summed E-state index contributed by atoms with van der Waals surface area (Å²) in [5.41, 5.74) is 1.76. The lowest BCUT2D eigenvalue weighted by atomic mass is 10.1. The van der Waals surface area contributed by atoms with Gasteiger partial charge in [-0.05, 0) is 37.5 Å². The van der Waals surface area contributed by atoms with E-state index in [1.54, 1.807) is 6.07 Å². The monoisotopic (exact) mass is 219 g/mol. The number of methoxy groups -OCH3 is 1. The maximum Gasteiger partial charge on any atom is 0.337 e. The Morgan fingerprint density at radius 1 is 1.25 bits per heavy atom. The highest BCUT2D eigenvalue weighted by molar-refractivity contribution is 5.90. The molecule has 0 unspecified atom stereocenters. The van der Waals surface area contributed by atoms with Crippen LogP contribution in [0.1, 0.15) is 29.6 Å². The highest BCUT2D eigenvalue weighted by Crippen LogP contribution is 2.21. The maximum absolute atomic E-state index is 11.4. The van der Waals surface area contributed by atoms with Crippen LogP contribution >= 0.6 is 0 Å². The van der Waals surface area contributed by atoms with Crippen LogP contribution in [0, 0.1) is 0 Å². The van der Waals surface area contributed by atoms with Gasteiger partial charge in [-0.2, -0.15) is 0 Å². The number of carbonyl (C=O) groups excluding carboxylic acids is 1. The number of rotatable bonds is 2. The second-order valence-electron chi connectivity index (χ2n) is 4.09. The van der Waals surface area contributed by atoms with Crippen molar-refractivity contribution in [3.05, 3.63) is 29.8 Å². The van der Waals surface area contributed by atoms with Gasteiger partial charge in [0.05, 0.1) is 12.7 Å². The fourth-order valence-electron chi connectivity index (χ4n) is 2.10. The molecule has 0 aliphatic carbocycles. The van der Waals surface area contributed by atoms with E-state index in [-0.39, 0.29) is 5.97 Å². The standard InChI is InChI=1S/C13H17NO2/c1-16-13(15)11-6-5-7-12(10-11)14-8-3-2-4-9-14/h5-7,10H,2-4,8-9H2,1H3. The van der Waals surface area contributed by atoms with Crippen LogP contribution in [-0.2, 0) is 4.74 Å². The second-order valence-corrected chi connectivity index (χ2v) is 4.09. The van der Waals surface area contributed by atoms with E-state index in [4.69, 9.17) is 4.74 Å². The predicted molar refractivity (Wildman–Crippen MR) is 63.8 cm³/mol. The molecule has 0 saturated carbocycles. The molecule has 3 heteroatoms. The zero-order valence-corrected chi connectivity index (χ0v) is 9.61. The third kappa shape index (κ3) is 2.35. The molecule has 0 amide bonds. The summed E-state index contributed by atoms with van der Waals surface area (Å²) in [6.45, 7) is 2.18. The van der Waals surface area contributed by atoms with Crippen molar-refractivity contribution in [2.75, 3.05) is 25.1 Å². The van der Waals surface area contributed by atoms with Crippen LogP contribution in [0.3, 0.4) is 0 Å². The molecular formula is C13H17NO2. The van der Waals surface area contributed by atoms with E-state index in [1.165, 1.54) is 26.4 Å². The maximum atomic E-state index is 11.4. The third-order valence-electron chi connectivity index (χ3n) is 2.99. The molecule has 0 atom stereocenters. The number of piperidine rings is 1. The average molecular weight is 219 g/mol. The van der Waals surface area contributed by atoms with Crippen molar-refractivity contribution in [2.24, 2.45) is 0 Å². The van der Waals surface area contributed by atoms with Crippen molar-refractivity contribution in [3.63, 3.8) is 0 Å². The normalized spacial score (nSPS) is 15.9. The first kappa shape index (κ1) is 11.0. The largest absolute Gasteiger partial charge is 0.465 e. The summed E-state index contributed by atoms with van der Waals surface area (Å²) in [7, 11) is 1.41. The number of esters is 1. The summed E-state index contributed by atoms with van der Waals surface area (Å²) in [6.07, 6.45) is 3.79. The molecule has 1 aliphatic heterocycles. The van der Waals surface area contributed by atoms with Gasteiger partial charge < -0.3 is 9.64 Å². The second kappa shape index (κ2) is 5.01. The van der Waals surface area contributed by atoms with Gasteiger partial charge in [0.1, 0.15) is 0 Å². The minimum absolute atomic E-state index is 0.265. The van der Waals surface area contributed by atoms with Crippen LogP contribution in [-0.4, -0.2) is 26.2 Å². The van der Waals surface area contributed by atoms with Crippen LogP contribution in [0.15, 0.2) is 24.3 Å². The third-order valence-corrected chi connectivity index (χ3v) is 2.99. The Morgan fingerprint density at radius 2 is 2.00 bits per heavy atom. The number of hydrogen-bond donors (Lipinski definition) is 0. The van der Waals surface area contributed by atoms with Crippen molar-refractivity contribution in [1.82, 2.24) is 0 Å². The molecule has 1 heterocycles. The molecule has 0 spiro atoms. The Kier molecular flexibility index (Phi) is 3.44. The van der Waals surface area contributed by atoms with Crippen LogP contribution in [0.5, 0.6) is 0 Å². The minimum atomic E-state index is -0.265. The van der Waals surface area contributed by atoms with Crippen molar-refractivity contribution < 1.29 is 9.53 Å². The average Bonchev–Trinajstić information content (AvgIpc) is 2.39. The number of nitrogens with zero attached hydrogens (tertiary/aromatic N) is 1. The molecular weight excluding hydrogens is 202 g/mol. The van der Waals surface area contributed by atoms with Crippen LogP contribution in [0.4, 0.5) is 5.69 Å². The predicted octanol–water partition coefficient (Wildman–Crippen LogP) is 2.46. The summed E-state index contributed by atoms with van der Waals surface area (Å²) >= 11 is 0. The van der Waals surface area contributed by atoms with Crippen LogP contribution in [0.25, 0.3) is 0 Å². The van der Waals surface area contributed by atoms with E-state index < -0.39 is 0 Å². The van der Waals surface area contributed by atoms with Gasteiger partial charge in [-0.15, -0.1) is 0 Å². The number of benzene rings is 1. The molecule has 86 valence electrons. The highest BCUT2D eigenvalue weighted by Gasteiger charge is 2.12. The lowest BCUT2D eigenvalue weighted by molar-refractivity contribution is 0.0601. The molecule has 3 nitrogen and oxygen atoms in total. The minimum Gasteiger partial charge on any atom is -0.465 e. The van der Waals surface area contributed by atoms with Gasteiger partial charge in [0.15, 0.2) is 0 Å². The Balaban J connectivity index is 2.17. The van der Waals surface area contributed by atoms with Crippen molar-refractivity contribution in [1.29, 1.82) is 0 Å². The van der Waals surface area contributed by atoms with Crippen LogP contribution < -0.4 is 4.90 Å². The Hall–Kier alpha value is -1.51. The lowest BCUT2D eigenvalue weighted by Gasteiger charge is -2.28. The number of anilines is 1. The zero-order valence-electron chi connectivity index (χ0n) is 9.61. The smallest absolute Gasteiger partial charge is 0.337 e. The highest BCUT2D eigenvalue weighted by atomic mass is 16.5. The topological polar surface area (TPSA) is 29.5 Å². The molecule has 2 rings (SSSR count). The first-order chi connectivity index (χ1) is 7.81. The zero-order chi connectivity index (χ0) is 11.4. The number of carbonyl (C=O) groups is 1. The van der Waals surface area contributed by atoms with E-state index in [2.05, 4.69) is 11.0 Å². The fraction of sp³-hybridized carbons (Fsp3) is 0.462. The lowest BCUT2D eigenvalue weighted by Crippen LogP contribution is -2.29. The van der Waals surface area contributed by atoms with Crippen molar-refractivity contribution >= 4 is 11.7 Å². The Labute approximate surface area is 96.0 Å². The van der Waals surface area contributed by atoms with Gasteiger partial charge >= 0.3 is 5.97 Å². The summed E-state index contributed by atoms with van der Waals surface area (Å²) in [5.74, 6) is -0.265. The molecule has 0 N–H and O–H groups in total. The molecule has 1 aromatic rings. The van der Waals surface area contributed by atoms with Gasteiger partial charge in [-0.25, -0.2) is 4.79 Å². The summed E-state index contributed by atoms with van der Waals surface area (Å²) in [6, 6.07) is 7.67. The Morgan fingerprint density at radius 3 is 2.69 bits per heavy atom. The Bertz CT molecular complexity index is 370.